The molecule has 0 aliphatic carbocycles. The summed E-state index contributed by atoms with van der Waals surface area (Å²) in [5.74, 6) is 0. The number of aromatic nitrogens is 1. The highest BCUT2D eigenvalue weighted by Crippen LogP contribution is 2.25. The summed E-state index contributed by atoms with van der Waals surface area (Å²) in [7, 11) is 0. The van der Waals surface area contributed by atoms with E-state index in [1.54, 1.807) is 6.07 Å². The third-order valence-electron chi connectivity index (χ3n) is 5.84. The summed E-state index contributed by atoms with van der Waals surface area (Å²) in [5, 5.41) is 18.4. The van der Waals surface area contributed by atoms with Gasteiger partial charge < -0.3 is 20.7 Å². The lowest BCUT2D eigenvalue weighted by Gasteiger charge is -2.16. The second-order valence-electron chi connectivity index (χ2n) is 8.34. The van der Waals surface area contributed by atoms with Gasteiger partial charge in [0.05, 0.1) is 11.6 Å². The first-order valence-corrected chi connectivity index (χ1v) is 11.8. The summed E-state index contributed by atoms with van der Waals surface area (Å²) < 4.78 is 1.09. The molecule has 0 aliphatic rings. The Balaban J connectivity index is 1.30. The van der Waals surface area contributed by atoms with Gasteiger partial charge in [-0.2, -0.15) is 0 Å². The van der Waals surface area contributed by atoms with Crippen molar-refractivity contribution in [1.82, 2.24) is 10.3 Å². The Morgan fingerprint density at radius 2 is 1.67 bits per heavy atom. The van der Waals surface area contributed by atoms with Crippen LogP contribution in [0.25, 0.3) is 10.9 Å². The van der Waals surface area contributed by atoms with Crippen LogP contribution in [-0.2, 0) is 6.42 Å². The fraction of sp³-hybridized carbons (Fsp3) is 0.222. The first-order chi connectivity index (χ1) is 15.9. The molecule has 0 aliphatic heterocycles. The number of rotatable bonds is 8. The standard InChI is InChI=1S/C27H28BrN3O2/c1-17-3-7-21(15-24(17)28)30-20-8-5-19(6-9-20)13-14-29-16-25(32)22-10-4-18(2)27-23(22)11-12-26(33)31-27/h3-12,15,25,29-30,32H,13-14,16H2,1-2H3,(H,31,33)/t25-/m0/s1. The summed E-state index contributed by atoms with van der Waals surface area (Å²) in [5.41, 5.74) is 6.97. The average molecular weight is 506 g/mol. The van der Waals surface area contributed by atoms with Crippen LogP contribution in [0.3, 0.4) is 0 Å². The van der Waals surface area contributed by atoms with Crippen LogP contribution < -0.4 is 16.2 Å². The Morgan fingerprint density at radius 1 is 0.939 bits per heavy atom. The molecule has 0 saturated heterocycles. The first kappa shape index (κ1) is 23.2. The van der Waals surface area contributed by atoms with Crippen LogP contribution in [0.1, 0.15) is 28.4 Å². The van der Waals surface area contributed by atoms with Gasteiger partial charge in [-0.15, -0.1) is 0 Å². The van der Waals surface area contributed by atoms with Crippen molar-refractivity contribution in [2.24, 2.45) is 0 Å². The molecule has 1 atom stereocenters. The minimum absolute atomic E-state index is 0.136. The Hall–Kier alpha value is -2.93. The number of nitrogens with one attached hydrogen (secondary N) is 3. The van der Waals surface area contributed by atoms with Gasteiger partial charge in [0.25, 0.3) is 0 Å². The average Bonchev–Trinajstić information content (AvgIpc) is 2.80. The van der Waals surface area contributed by atoms with Crippen molar-refractivity contribution in [2.45, 2.75) is 26.4 Å². The fourth-order valence-corrected chi connectivity index (χ4v) is 4.26. The lowest BCUT2D eigenvalue weighted by Crippen LogP contribution is -2.24. The van der Waals surface area contributed by atoms with Crippen molar-refractivity contribution in [3.8, 4) is 0 Å². The molecule has 1 aromatic heterocycles. The topological polar surface area (TPSA) is 77.2 Å². The Kier molecular flexibility index (Phi) is 7.28. The van der Waals surface area contributed by atoms with Gasteiger partial charge in [-0.3, -0.25) is 4.79 Å². The van der Waals surface area contributed by atoms with Crippen molar-refractivity contribution < 1.29 is 5.11 Å². The predicted molar refractivity (Wildman–Crippen MR) is 139 cm³/mol. The van der Waals surface area contributed by atoms with E-state index in [1.165, 1.54) is 17.2 Å². The highest BCUT2D eigenvalue weighted by molar-refractivity contribution is 9.10. The molecule has 5 nitrogen and oxygen atoms in total. The molecule has 4 rings (SSSR count). The highest BCUT2D eigenvalue weighted by Gasteiger charge is 2.12. The van der Waals surface area contributed by atoms with E-state index < -0.39 is 6.10 Å². The molecule has 170 valence electrons. The van der Waals surface area contributed by atoms with Gasteiger partial charge >= 0.3 is 0 Å². The van der Waals surface area contributed by atoms with E-state index in [4.69, 9.17) is 0 Å². The number of aliphatic hydroxyl groups excluding tert-OH is 1. The van der Waals surface area contributed by atoms with Crippen molar-refractivity contribution in [3.63, 3.8) is 0 Å². The molecule has 6 heteroatoms. The number of aromatic amines is 1. The number of anilines is 2. The zero-order valence-corrected chi connectivity index (χ0v) is 20.4. The maximum Gasteiger partial charge on any atom is 0.248 e. The van der Waals surface area contributed by atoms with Crippen LogP contribution in [0.5, 0.6) is 0 Å². The number of fused-ring (bicyclic) bond motifs is 1. The molecule has 4 N–H and O–H groups in total. The zero-order chi connectivity index (χ0) is 23.4. The minimum atomic E-state index is -0.653. The third kappa shape index (κ3) is 5.71. The van der Waals surface area contributed by atoms with Crippen LogP contribution in [0, 0.1) is 13.8 Å². The predicted octanol–water partition coefficient (Wildman–Crippen LogP) is 5.52. The molecule has 33 heavy (non-hydrogen) atoms. The van der Waals surface area contributed by atoms with Crippen molar-refractivity contribution >= 4 is 38.2 Å². The van der Waals surface area contributed by atoms with E-state index >= 15 is 0 Å². The van der Waals surface area contributed by atoms with Crippen LogP contribution in [0.4, 0.5) is 11.4 Å². The SMILES string of the molecule is Cc1ccc(Nc2ccc(CCNC[C@H](O)c3ccc(C)c4[nH]c(=O)ccc34)cc2)cc1Br. The van der Waals surface area contributed by atoms with E-state index in [-0.39, 0.29) is 5.56 Å². The van der Waals surface area contributed by atoms with Gasteiger partial charge in [-0.1, -0.05) is 46.3 Å². The van der Waals surface area contributed by atoms with Gasteiger partial charge in [0.1, 0.15) is 0 Å². The third-order valence-corrected chi connectivity index (χ3v) is 6.69. The largest absolute Gasteiger partial charge is 0.387 e. The van der Waals surface area contributed by atoms with E-state index in [0.29, 0.717) is 6.54 Å². The minimum Gasteiger partial charge on any atom is -0.387 e. The fourth-order valence-electron chi connectivity index (χ4n) is 3.88. The summed E-state index contributed by atoms with van der Waals surface area (Å²) in [6.07, 6.45) is 0.213. The van der Waals surface area contributed by atoms with Gasteiger partial charge in [0.15, 0.2) is 0 Å². The lowest BCUT2D eigenvalue weighted by molar-refractivity contribution is 0.176. The van der Waals surface area contributed by atoms with Crippen LogP contribution in [0.15, 0.2) is 76.0 Å². The van der Waals surface area contributed by atoms with Gasteiger partial charge in [0, 0.05) is 33.8 Å². The number of aliphatic hydroxyl groups is 1. The van der Waals surface area contributed by atoms with Gasteiger partial charge in [0.2, 0.25) is 5.56 Å². The van der Waals surface area contributed by atoms with Crippen molar-refractivity contribution in [3.05, 3.63) is 104 Å². The van der Waals surface area contributed by atoms with E-state index in [9.17, 15) is 9.90 Å². The van der Waals surface area contributed by atoms with Gasteiger partial charge in [-0.25, -0.2) is 0 Å². The van der Waals surface area contributed by atoms with Gasteiger partial charge in [-0.05, 0) is 79.4 Å². The van der Waals surface area contributed by atoms with Crippen molar-refractivity contribution in [2.75, 3.05) is 18.4 Å². The molecule has 0 saturated carbocycles. The first-order valence-electron chi connectivity index (χ1n) is 11.0. The van der Waals surface area contributed by atoms with Crippen LogP contribution in [0.2, 0.25) is 0 Å². The number of halogens is 1. The summed E-state index contributed by atoms with van der Waals surface area (Å²) in [6, 6.07) is 21.8. The number of aryl methyl sites for hydroxylation is 2. The molecule has 4 aromatic rings. The molecule has 0 bridgehead atoms. The maximum atomic E-state index is 11.7. The second-order valence-corrected chi connectivity index (χ2v) is 9.19. The molecular formula is C27H28BrN3O2. The van der Waals surface area contributed by atoms with E-state index in [2.05, 4.69) is 80.9 Å². The molecule has 0 amide bonds. The number of H-pyrrole nitrogens is 1. The monoisotopic (exact) mass is 505 g/mol. The number of pyridine rings is 1. The van der Waals surface area contributed by atoms with E-state index in [1.807, 2.05) is 19.1 Å². The Morgan fingerprint density at radius 3 is 2.42 bits per heavy atom. The number of benzene rings is 3. The normalized spacial score (nSPS) is 12.1. The highest BCUT2D eigenvalue weighted by atomic mass is 79.9. The summed E-state index contributed by atoms with van der Waals surface area (Å²) in [4.78, 5) is 14.5. The molecule has 0 unspecified atom stereocenters. The van der Waals surface area contributed by atoms with Crippen LogP contribution >= 0.6 is 15.9 Å². The maximum absolute atomic E-state index is 11.7. The Bertz CT molecular complexity index is 1320. The molecular weight excluding hydrogens is 478 g/mol. The van der Waals surface area contributed by atoms with E-state index in [0.717, 1.165) is 50.8 Å². The molecule has 1 heterocycles. The summed E-state index contributed by atoms with van der Waals surface area (Å²) >= 11 is 3.57. The number of hydrogen-bond donors (Lipinski definition) is 4. The summed E-state index contributed by atoms with van der Waals surface area (Å²) in [6.45, 7) is 5.22. The molecule has 0 radical (unpaired) electrons. The zero-order valence-electron chi connectivity index (χ0n) is 18.8. The van der Waals surface area contributed by atoms with Crippen LogP contribution in [-0.4, -0.2) is 23.2 Å². The second kappa shape index (κ2) is 10.3. The van der Waals surface area contributed by atoms with Crippen molar-refractivity contribution in [1.29, 1.82) is 0 Å². The lowest BCUT2D eigenvalue weighted by atomic mass is 10.0. The molecule has 0 fully saturated rings. The molecule has 0 spiro atoms. The smallest absolute Gasteiger partial charge is 0.248 e. The molecule has 3 aromatic carbocycles. The number of hydrogen-bond acceptors (Lipinski definition) is 4. The quantitative estimate of drug-likeness (QED) is 0.238. The Labute approximate surface area is 202 Å².